The van der Waals surface area contributed by atoms with Gasteiger partial charge in [-0.2, -0.15) is 4.99 Å². The van der Waals surface area contributed by atoms with Gasteiger partial charge in [-0.1, -0.05) is 12.8 Å². The highest BCUT2D eigenvalue weighted by Crippen LogP contribution is 2.28. The van der Waals surface area contributed by atoms with Crippen LogP contribution in [0.5, 0.6) is 0 Å². The Hall–Kier alpha value is -1.23. The molecule has 0 unspecified atom stereocenters. The van der Waals surface area contributed by atoms with E-state index in [2.05, 4.69) is 10.3 Å². The van der Waals surface area contributed by atoms with Crippen LogP contribution < -0.4 is 11.1 Å². The van der Waals surface area contributed by atoms with E-state index in [1.54, 1.807) is 0 Å². The van der Waals surface area contributed by atoms with Gasteiger partial charge in [0, 0.05) is 0 Å². The zero-order chi connectivity index (χ0) is 10.2. The van der Waals surface area contributed by atoms with Crippen LogP contribution in [-0.2, 0) is 9.59 Å². The first-order chi connectivity index (χ1) is 6.60. The predicted molar refractivity (Wildman–Crippen MR) is 50.6 cm³/mol. The van der Waals surface area contributed by atoms with E-state index >= 15 is 0 Å². The van der Waals surface area contributed by atoms with Gasteiger partial charge in [0.05, 0.1) is 5.54 Å². The minimum atomic E-state index is -0.578. The molecule has 3 N–H and O–H groups in total. The maximum absolute atomic E-state index is 11.1. The van der Waals surface area contributed by atoms with Crippen molar-refractivity contribution < 1.29 is 9.59 Å². The summed E-state index contributed by atoms with van der Waals surface area (Å²) in [4.78, 5) is 26.0. The summed E-state index contributed by atoms with van der Waals surface area (Å²) in [5.74, 6) is -0.312. The van der Waals surface area contributed by atoms with Gasteiger partial charge in [-0.25, -0.2) is 0 Å². The molecular formula is C9H13N3O2. The number of carbonyl (C=O) groups excluding carboxylic acids is 2. The first-order valence-electron chi connectivity index (χ1n) is 4.81. The van der Waals surface area contributed by atoms with Crippen molar-refractivity contribution >= 4 is 17.6 Å². The van der Waals surface area contributed by atoms with Crippen molar-refractivity contribution in [2.24, 2.45) is 10.7 Å². The molecule has 2 aliphatic rings. The molecule has 1 aliphatic carbocycles. The molecule has 1 heterocycles. The van der Waals surface area contributed by atoms with Crippen LogP contribution in [0.1, 0.15) is 32.1 Å². The van der Waals surface area contributed by atoms with Gasteiger partial charge >= 0.3 is 0 Å². The topological polar surface area (TPSA) is 84.5 Å². The second-order valence-electron chi connectivity index (χ2n) is 3.94. The smallest absolute Gasteiger partial charge is 0.256 e. The van der Waals surface area contributed by atoms with Crippen LogP contribution in [0.3, 0.4) is 0 Å². The van der Waals surface area contributed by atoms with Gasteiger partial charge < -0.3 is 11.1 Å². The van der Waals surface area contributed by atoms with Crippen molar-refractivity contribution in [3.05, 3.63) is 0 Å². The second-order valence-corrected chi connectivity index (χ2v) is 3.94. The average molecular weight is 195 g/mol. The van der Waals surface area contributed by atoms with E-state index in [0.717, 1.165) is 25.7 Å². The molecule has 0 radical (unpaired) electrons. The summed E-state index contributed by atoms with van der Waals surface area (Å²) in [5.41, 5.74) is 5.48. The van der Waals surface area contributed by atoms with Crippen LogP contribution >= 0.6 is 0 Å². The molecular weight excluding hydrogens is 182 g/mol. The summed E-state index contributed by atoms with van der Waals surface area (Å²) in [5, 5.41) is 2.59. The van der Waals surface area contributed by atoms with E-state index in [1.165, 1.54) is 0 Å². The van der Waals surface area contributed by atoms with E-state index in [1.807, 2.05) is 0 Å². The largest absolute Gasteiger partial charge is 0.319 e. The SMILES string of the molecule is NC1(C2=NC(=O)CC(=O)N2)CCCC1. The minimum Gasteiger partial charge on any atom is -0.319 e. The summed E-state index contributed by atoms with van der Waals surface area (Å²) in [7, 11) is 0. The fraction of sp³-hybridized carbons (Fsp3) is 0.667. The Morgan fingerprint density at radius 1 is 1.29 bits per heavy atom. The standard InChI is InChI=1S/C9H13N3O2/c10-9(3-1-2-4-9)8-11-6(13)5-7(14)12-8/h1-5,10H2,(H,11,12,13,14). The Labute approximate surface area is 81.8 Å². The molecule has 0 saturated heterocycles. The molecule has 0 bridgehead atoms. The van der Waals surface area contributed by atoms with E-state index in [9.17, 15) is 9.59 Å². The Kier molecular flexibility index (Phi) is 2.11. The third kappa shape index (κ3) is 1.55. The van der Waals surface area contributed by atoms with Gasteiger partial charge in [0.2, 0.25) is 5.91 Å². The molecule has 14 heavy (non-hydrogen) atoms. The highest BCUT2D eigenvalue weighted by molar-refractivity contribution is 6.16. The molecule has 0 aromatic heterocycles. The van der Waals surface area contributed by atoms with Crippen LogP contribution in [-0.4, -0.2) is 23.2 Å². The van der Waals surface area contributed by atoms with Crippen molar-refractivity contribution in [1.82, 2.24) is 5.32 Å². The summed E-state index contributed by atoms with van der Waals surface area (Å²) in [6.45, 7) is 0. The highest BCUT2D eigenvalue weighted by atomic mass is 16.2. The fourth-order valence-electron chi connectivity index (χ4n) is 1.98. The van der Waals surface area contributed by atoms with E-state index < -0.39 is 5.54 Å². The Morgan fingerprint density at radius 3 is 2.50 bits per heavy atom. The van der Waals surface area contributed by atoms with Gasteiger partial charge in [0.15, 0.2) is 0 Å². The zero-order valence-corrected chi connectivity index (χ0v) is 7.88. The molecule has 0 aromatic carbocycles. The van der Waals surface area contributed by atoms with Gasteiger partial charge in [0.25, 0.3) is 5.91 Å². The van der Waals surface area contributed by atoms with E-state index in [0.29, 0.717) is 5.84 Å². The maximum Gasteiger partial charge on any atom is 0.256 e. The van der Waals surface area contributed by atoms with Crippen molar-refractivity contribution in [2.45, 2.75) is 37.6 Å². The lowest BCUT2D eigenvalue weighted by molar-refractivity contribution is -0.127. The first kappa shape index (κ1) is 9.33. The molecule has 5 nitrogen and oxygen atoms in total. The lowest BCUT2D eigenvalue weighted by atomic mass is 9.96. The second kappa shape index (κ2) is 3.16. The number of amidine groups is 1. The number of nitrogens with zero attached hydrogens (tertiary/aromatic N) is 1. The van der Waals surface area contributed by atoms with Crippen LogP contribution in [0, 0.1) is 0 Å². The number of hydrogen-bond acceptors (Lipinski definition) is 3. The third-order valence-electron chi connectivity index (χ3n) is 2.77. The lowest BCUT2D eigenvalue weighted by Crippen LogP contribution is -2.55. The fourth-order valence-corrected chi connectivity index (χ4v) is 1.98. The normalized spacial score (nSPS) is 25.9. The predicted octanol–water partition coefficient (Wildman–Crippen LogP) is -0.297. The van der Waals surface area contributed by atoms with Crippen molar-refractivity contribution in [3.63, 3.8) is 0 Å². The van der Waals surface area contributed by atoms with Crippen molar-refractivity contribution in [1.29, 1.82) is 0 Å². The third-order valence-corrected chi connectivity index (χ3v) is 2.77. The number of nitrogens with two attached hydrogens (primary N) is 1. The molecule has 2 amide bonds. The van der Waals surface area contributed by atoms with Crippen molar-refractivity contribution in [3.8, 4) is 0 Å². The van der Waals surface area contributed by atoms with E-state index in [-0.39, 0.29) is 18.2 Å². The summed E-state index contributed by atoms with van der Waals surface area (Å²) in [6, 6.07) is 0. The highest BCUT2D eigenvalue weighted by Gasteiger charge is 2.38. The van der Waals surface area contributed by atoms with Gasteiger partial charge in [-0.05, 0) is 12.8 Å². The molecule has 1 fully saturated rings. The molecule has 76 valence electrons. The molecule has 2 rings (SSSR count). The van der Waals surface area contributed by atoms with Gasteiger partial charge in [-0.3, -0.25) is 9.59 Å². The average Bonchev–Trinajstić information content (AvgIpc) is 2.52. The summed E-state index contributed by atoms with van der Waals surface area (Å²) < 4.78 is 0. The van der Waals surface area contributed by atoms with Gasteiger partial charge in [0.1, 0.15) is 12.3 Å². The van der Waals surface area contributed by atoms with Crippen LogP contribution in [0.4, 0.5) is 0 Å². The minimum absolute atomic E-state index is 0.153. The first-order valence-corrected chi connectivity index (χ1v) is 4.81. The Morgan fingerprint density at radius 2 is 1.93 bits per heavy atom. The quantitative estimate of drug-likeness (QED) is 0.563. The van der Waals surface area contributed by atoms with Crippen LogP contribution in [0.15, 0.2) is 4.99 Å². The van der Waals surface area contributed by atoms with Gasteiger partial charge in [-0.15, -0.1) is 0 Å². The number of carbonyl (C=O) groups is 2. The molecule has 1 saturated carbocycles. The Bertz CT molecular complexity index is 316. The molecule has 5 heteroatoms. The molecule has 0 spiro atoms. The number of amides is 2. The zero-order valence-electron chi connectivity index (χ0n) is 7.88. The maximum atomic E-state index is 11.1. The molecule has 1 aliphatic heterocycles. The number of nitrogens with one attached hydrogen (secondary N) is 1. The Balaban J connectivity index is 2.24. The monoisotopic (exact) mass is 195 g/mol. The van der Waals surface area contributed by atoms with Crippen LogP contribution in [0.2, 0.25) is 0 Å². The number of aliphatic imine (C=N–C) groups is 1. The summed E-state index contributed by atoms with van der Waals surface area (Å²) in [6.07, 6.45) is 3.48. The molecule has 0 atom stereocenters. The number of hydrogen-bond donors (Lipinski definition) is 2. The summed E-state index contributed by atoms with van der Waals surface area (Å²) >= 11 is 0. The van der Waals surface area contributed by atoms with Crippen molar-refractivity contribution in [2.75, 3.05) is 0 Å². The molecule has 0 aromatic rings. The number of rotatable bonds is 1. The van der Waals surface area contributed by atoms with Crippen LogP contribution in [0.25, 0.3) is 0 Å². The van der Waals surface area contributed by atoms with E-state index in [4.69, 9.17) is 5.73 Å². The lowest BCUT2D eigenvalue weighted by Gasteiger charge is -2.27.